The third-order valence-corrected chi connectivity index (χ3v) is 4.10. The van der Waals surface area contributed by atoms with Gasteiger partial charge in [-0.25, -0.2) is 0 Å². The van der Waals surface area contributed by atoms with Gasteiger partial charge in [0.2, 0.25) is 5.91 Å². The number of rotatable bonds is 6. The number of primary amides is 1. The van der Waals surface area contributed by atoms with Gasteiger partial charge in [0.1, 0.15) is 12.1 Å². The highest BCUT2D eigenvalue weighted by Crippen LogP contribution is 2.34. The van der Waals surface area contributed by atoms with Crippen LogP contribution in [0, 0.1) is 4.91 Å². The van der Waals surface area contributed by atoms with Crippen molar-refractivity contribution in [3.8, 4) is 0 Å². The fraction of sp³-hybridized carbons (Fsp3) is 0.188. The number of carbonyl (C=O) groups is 1. The average molecular weight is 352 g/mol. The molecule has 23 heavy (non-hydrogen) atoms. The Morgan fingerprint density at radius 1 is 1.13 bits per heavy atom. The molecule has 0 heterocycles. The number of amides is 1. The lowest BCUT2D eigenvalue weighted by Gasteiger charge is -2.22. The van der Waals surface area contributed by atoms with Gasteiger partial charge in [-0.2, -0.15) is 4.91 Å². The minimum atomic E-state index is -0.934. The van der Waals surface area contributed by atoms with Gasteiger partial charge in [-0.3, -0.25) is 4.79 Å². The van der Waals surface area contributed by atoms with Crippen molar-refractivity contribution in [3.63, 3.8) is 0 Å². The van der Waals surface area contributed by atoms with Crippen molar-refractivity contribution in [2.75, 3.05) is 5.32 Å². The zero-order chi connectivity index (χ0) is 17.0. The first-order valence-electron chi connectivity index (χ1n) is 6.86. The van der Waals surface area contributed by atoms with Crippen molar-refractivity contribution in [2.45, 2.75) is 19.0 Å². The van der Waals surface area contributed by atoms with Crippen LogP contribution in [0.25, 0.3) is 0 Å². The third-order valence-electron chi connectivity index (χ3n) is 3.44. The monoisotopic (exact) mass is 351 g/mol. The van der Waals surface area contributed by atoms with Gasteiger partial charge >= 0.3 is 0 Å². The van der Waals surface area contributed by atoms with E-state index in [0.29, 0.717) is 26.9 Å². The lowest BCUT2D eigenvalue weighted by molar-refractivity contribution is -0.118. The number of carbonyl (C=O) groups excluding carboxylic acids is 1. The molecule has 2 rings (SSSR count). The van der Waals surface area contributed by atoms with Crippen LogP contribution in [-0.2, 0) is 4.79 Å². The fourth-order valence-corrected chi connectivity index (χ4v) is 2.89. The van der Waals surface area contributed by atoms with Crippen LogP contribution in [0.4, 0.5) is 5.69 Å². The number of nitroso groups, excluding NO2 is 1. The SMILES string of the molecule is CC(N=O)c1ccccc1NC(C(N)=O)c1c(Cl)cccc1Cl. The summed E-state index contributed by atoms with van der Waals surface area (Å²) in [4.78, 5) is 22.8. The van der Waals surface area contributed by atoms with Crippen LogP contribution in [0.5, 0.6) is 0 Å². The van der Waals surface area contributed by atoms with Gasteiger partial charge in [-0.05, 0) is 25.1 Å². The number of nitrogens with one attached hydrogen (secondary N) is 1. The first-order chi connectivity index (χ1) is 11.0. The van der Waals surface area contributed by atoms with Crippen molar-refractivity contribution >= 4 is 34.8 Å². The Balaban J connectivity index is 2.47. The van der Waals surface area contributed by atoms with Crippen LogP contribution in [0.2, 0.25) is 10.0 Å². The molecule has 5 nitrogen and oxygen atoms in total. The molecule has 0 aliphatic rings. The number of nitrogens with zero attached hydrogens (tertiary/aromatic N) is 1. The van der Waals surface area contributed by atoms with Crippen LogP contribution >= 0.6 is 23.2 Å². The molecule has 0 aliphatic heterocycles. The van der Waals surface area contributed by atoms with Gasteiger partial charge in [0.05, 0.1) is 0 Å². The standard InChI is InChI=1S/C16H15Cl2N3O2/c1-9(21-23)10-5-2-3-8-13(10)20-15(16(19)22)14-11(17)6-4-7-12(14)18/h2-9,15,20H,1H3,(H2,19,22). The molecule has 7 heteroatoms. The fourth-order valence-electron chi connectivity index (χ4n) is 2.28. The van der Waals surface area contributed by atoms with Gasteiger partial charge in [-0.1, -0.05) is 52.6 Å². The molecule has 0 bridgehead atoms. The Kier molecular flexibility index (Phi) is 5.58. The number of para-hydroxylation sites is 1. The normalized spacial score (nSPS) is 13.2. The van der Waals surface area contributed by atoms with E-state index in [0.717, 1.165) is 0 Å². The van der Waals surface area contributed by atoms with E-state index < -0.39 is 18.0 Å². The van der Waals surface area contributed by atoms with Crippen molar-refractivity contribution in [2.24, 2.45) is 10.9 Å². The summed E-state index contributed by atoms with van der Waals surface area (Å²) in [5.74, 6) is -0.637. The molecule has 3 N–H and O–H groups in total. The summed E-state index contributed by atoms with van der Waals surface area (Å²) in [5.41, 5.74) is 7.12. The van der Waals surface area contributed by atoms with E-state index in [1.54, 1.807) is 49.4 Å². The minimum absolute atomic E-state index is 0.327. The molecule has 0 spiro atoms. The number of nitrogens with two attached hydrogens (primary N) is 1. The minimum Gasteiger partial charge on any atom is -0.370 e. The first-order valence-corrected chi connectivity index (χ1v) is 7.62. The molecular weight excluding hydrogens is 337 g/mol. The van der Waals surface area contributed by atoms with Gasteiger partial charge < -0.3 is 11.1 Å². The van der Waals surface area contributed by atoms with E-state index in [4.69, 9.17) is 28.9 Å². The van der Waals surface area contributed by atoms with Crippen molar-refractivity contribution in [3.05, 3.63) is 68.5 Å². The molecule has 0 aromatic heterocycles. The van der Waals surface area contributed by atoms with Crippen molar-refractivity contribution in [1.29, 1.82) is 0 Å². The first kappa shape index (κ1) is 17.2. The maximum absolute atomic E-state index is 11.9. The van der Waals surface area contributed by atoms with Crippen LogP contribution in [0.15, 0.2) is 47.6 Å². The summed E-state index contributed by atoms with van der Waals surface area (Å²) in [6.45, 7) is 1.66. The van der Waals surface area contributed by atoms with E-state index in [1.165, 1.54) is 0 Å². The highest BCUT2D eigenvalue weighted by atomic mass is 35.5. The molecule has 0 saturated heterocycles. The average Bonchev–Trinajstić information content (AvgIpc) is 2.53. The number of hydrogen-bond acceptors (Lipinski definition) is 4. The smallest absolute Gasteiger partial charge is 0.244 e. The largest absolute Gasteiger partial charge is 0.370 e. The molecule has 2 aromatic carbocycles. The number of halogens is 2. The third kappa shape index (κ3) is 3.81. The van der Waals surface area contributed by atoms with Gasteiger partial charge in [-0.15, -0.1) is 0 Å². The molecule has 1 amide bonds. The predicted octanol–water partition coefficient (Wildman–Crippen LogP) is 4.46. The Labute approximate surface area is 143 Å². The van der Waals surface area contributed by atoms with Gasteiger partial charge in [0.15, 0.2) is 0 Å². The van der Waals surface area contributed by atoms with Crippen molar-refractivity contribution in [1.82, 2.24) is 0 Å². The van der Waals surface area contributed by atoms with Crippen molar-refractivity contribution < 1.29 is 4.79 Å². The van der Waals surface area contributed by atoms with E-state index in [1.807, 2.05) is 0 Å². The molecule has 2 unspecified atom stereocenters. The zero-order valence-electron chi connectivity index (χ0n) is 12.3. The van der Waals surface area contributed by atoms with E-state index in [2.05, 4.69) is 10.5 Å². The molecule has 2 atom stereocenters. The highest BCUT2D eigenvalue weighted by Gasteiger charge is 2.24. The Hall–Kier alpha value is -2.11. The second-order valence-corrected chi connectivity index (χ2v) is 5.80. The van der Waals surface area contributed by atoms with E-state index in [-0.39, 0.29) is 0 Å². The topological polar surface area (TPSA) is 84.6 Å². The number of benzene rings is 2. The summed E-state index contributed by atoms with van der Waals surface area (Å²) in [6, 6.07) is 10.5. The van der Waals surface area contributed by atoms with Gasteiger partial charge in [0.25, 0.3) is 0 Å². The van der Waals surface area contributed by atoms with E-state index in [9.17, 15) is 9.70 Å². The highest BCUT2D eigenvalue weighted by molar-refractivity contribution is 6.36. The summed E-state index contributed by atoms with van der Waals surface area (Å²) in [5, 5.41) is 6.69. The molecular formula is C16H15Cl2N3O2. The quantitative estimate of drug-likeness (QED) is 0.753. The van der Waals surface area contributed by atoms with Gasteiger partial charge in [0, 0.05) is 26.9 Å². The second kappa shape index (κ2) is 7.44. The van der Waals surface area contributed by atoms with Crippen LogP contribution in [-0.4, -0.2) is 5.91 Å². The molecule has 0 saturated carbocycles. The molecule has 0 fully saturated rings. The van der Waals surface area contributed by atoms with Crippen LogP contribution in [0.1, 0.15) is 30.1 Å². The molecule has 120 valence electrons. The Morgan fingerprint density at radius 2 is 1.74 bits per heavy atom. The lowest BCUT2D eigenvalue weighted by atomic mass is 10.0. The van der Waals surface area contributed by atoms with E-state index >= 15 is 0 Å². The van der Waals surface area contributed by atoms with Crippen LogP contribution < -0.4 is 11.1 Å². The Bertz CT molecular complexity index is 717. The molecule has 0 radical (unpaired) electrons. The number of anilines is 1. The predicted molar refractivity (Wildman–Crippen MR) is 92.7 cm³/mol. The lowest BCUT2D eigenvalue weighted by Crippen LogP contribution is -2.28. The maximum atomic E-state index is 11.9. The summed E-state index contributed by atoms with van der Waals surface area (Å²) >= 11 is 12.3. The molecule has 2 aromatic rings. The summed E-state index contributed by atoms with van der Waals surface area (Å²) in [7, 11) is 0. The Morgan fingerprint density at radius 3 is 2.30 bits per heavy atom. The zero-order valence-corrected chi connectivity index (χ0v) is 13.8. The number of hydrogen-bond donors (Lipinski definition) is 2. The molecule has 0 aliphatic carbocycles. The second-order valence-electron chi connectivity index (χ2n) is 4.98. The summed E-state index contributed by atoms with van der Waals surface area (Å²) in [6.07, 6.45) is 0. The summed E-state index contributed by atoms with van der Waals surface area (Å²) < 4.78 is 0. The maximum Gasteiger partial charge on any atom is 0.244 e. The van der Waals surface area contributed by atoms with Crippen LogP contribution in [0.3, 0.4) is 0 Å².